The Labute approximate surface area is 131 Å². The Morgan fingerprint density at radius 2 is 2.00 bits per heavy atom. The zero-order chi connectivity index (χ0) is 14.5. The van der Waals surface area contributed by atoms with Crippen molar-refractivity contribution in [2.45, 2.75) is 32.6 Å². The molecule has 20 heavy (non-hydrogen) atoms. The topological polar surface area (TPSA) is 20.3 Å². The lowest BCUT2D eigenvalue weighted by Crippen LogP contribution is -2.35. The second kappa shape index (κ2) is 7.44. The van der Waals surface area contributed by atoms with Gasteiger partial charge in [0.1, 0.15) is 0 Å². The number of Topliss-reactive ketones (excluding diaryl/α,β-unsaturated/α-hetero) is 1. The highest BCUT2D eigenvalue weighted by molar-refractivity contribution is 6.43. The lowest BCUT2D eigenvalue weighted by molar-refractivity contribution is 0.0950. The van der Waals surface area contributed by atoms with Crippen LogP contribution in [0.25, 0.3) is 0 Å². The quantitative estimate of drug-likeness (QED) is 0.735. The van der Waals surface area contributed by atoms with Crippen LogP contribution in [0.2, 0.25) is 10.0 Å². The van der Waals surface area contributed by atoms with Gasteiger partial charge in [-0.3, -0.25) is 4.79 Å². The Hall–Kier alpha value is -0.570. The van der Waals surface area contributed by atoms with E-state index in [1.807, 2.05) is 0 Å². The number of ketones is 1. The van der Waals surface area contributed by atoms with Crippen molar-refractivity contribution in [3.8, 4) is 0 Å². The summed E-state index contributed by atoms with van der Waals surface area (Å²) in [6, 6.07) is 5.23. The zero-order valence-corrected chi connectivity index (χ0v) is 13.4. The van der Waals surface area contributed by atoms with Crippen molar-refractivity contribution in [3.05, 3.63) is 33.8 Å². The fourth-order valence-corrected chi connectivity index (χ4v) is 3.14. The molecule has 2 rings (SSSR count). The van der Waals surface area contributed by atoms with Gasteiger partial charge in [0.2, 0.25) is 0 Å². The lowest BCUT2D eigenvalue weighted by atomic mass is 9.94. The molecule has 1 aliphatic rings. The first-order valence-electron chi connectivity index (χ1n) is 7.31. The molecule has 0 aliphatic carbocycles. The minimum atomic E-state index is 0.0788. The summed E-state index contributed by atoms with van der Waals surface area (Å²) in [5.74, 6) is 0.944. The number of nitrogens with zero attached hydrogens (tertiary/aromatic N) is 1. The van der Waals surface area contributed by atoms with Crippen LogP contribution < -0.4 is 0 Å². The van der Waals surface area contributed by atoms with E-state index in [4.69, 9.17) is 23.2 Å². The minimum absolute atomic E-state index is 0.0788. The number of halogens is 2. The second-order valence-corrected chi connectivity index (χ2v) is 6.25. The molecule has 1 heterocycles. The summed E-state index contributed by atoms with van der Waals surface area (Å²) < 4.78 is 0. The molecule has 0 atom stereocenters. The molecule has 1 fully saturated rings. The van der Waals surface area contributed by atoms with Gasteiger partial charge in [0.05, 0.1) is 10.0 Å². The number of likely N-dealkylation sites (tertiary alicyclic amines) is 1. The van der Waals surface area contributed by atoms with Gasteiger partial charge in [-0.15, -0.1) is 0 Å². The van der Waals surface area contributed by atoms with E-state index in [0.717, 1.165) is 25.6 Å². The monoisotopic (exact) mass is 313 g/mol. The molecule has 0 saturated carbocycles. The standard InChI is InChI=1S/C16H21Cl2NO/c1-2-12-6-9-19(10-7-12)11-8-15(20)13-4-3-5-14(17)16(13)18/h3-5,12H,2,6-11H2,1H3. The van der Waals surface area contributed by atoms with Gasteiger partial charge in [0.25, 0.3) is 0 Å². The third kappa shape index (κ3) is 3.97. The number of rotatable bonds is 5. The van der Waals surface area contributed by atoms with Crippen molar-refractivity contribution in [1.82, 2.24) is 4.90 Å². The molecule has 1 saturated heterocycles. The van der Waals surface area contributed by atoms with Crippen molar-refractivity contribution >= 4 is 29.0 Å². The van der Waals surface area contributed by atoms with Gasteiger partial charge in [-0.25, -0.2) is 0 Å². The van der Waals surface area contributed by atoms with Gasteiger partial charge >= 0.3 is 0 Å². The predicted octanol–water partition coefficient (Wildman–Crippen LogP) is 4.69. The Bertz CT molecular complexity index is 468. The maximum Gasteiger partial charge on any atom is 0.165 e. The summed E-state index contributed by atoms with van der Waals surface area (Å²) in [6.45, 7) is 5.28. The third-order valence-electron chi connectivity index (χ3n) is 4.19. The molecule has 110 valence electrons. The molecule has 0 bridgehead atoms. The number of benzene rings is 1. The van der Waals surface area contributed by atoms with Crippen LogP contribution in [-0.2, 0) is 0 Å². The van der Waals surface area contributed by atoms with E-state index in [2.05, 4.69) is 11.8 Å². The Morgan fingerprint density at radius 3 is 2.65 bits per heavy atom. The predicted molar refractivity (Wildman–Crippen MR) is 84.9 cm³/mol. The molecule has 0 amide bonds. The molecule has 0 radical (unpaired) electrons. The van der Waals surface area contributed by atoms with Gasteiger partial charge in [-0.1, -0.05) is 42.6 Å². The molecular weight excluding hydrogens is 293 g/mol. The van der Waals surface area contributed by atoms with Crippen molar-refractivity contribution in [1.29, 1.82) is 0 Å². The minimum Gasteiger partial charge on any atom is -0.303 e. The molecular formula is C16H21Cl2NO. The molecule has 0 aromatic heterocycles. The van der Waals surface area contributed by atoms with Gasteiger partial charge < -0.3 is 4.90 Å². The lowest BCUT2D eigenvalue weighted by Gasteiger charge is -2.31. The molecule has 1 aromatic rings. The number of carbonyl (C=O) groups excluding carboxylic acids is 1. The zero-order valence-electron chi connectivity index (χ0n) is 11.9. The SMILES string of the molecule is CCC1CCN(CCC(=O)c2cccc(Cl)c2Cl)CC1. The van der Waals surface area contributed by atoms with E-state index in [1.165, 1.54) is 19.3 Å². The molecule has 1 aliphatic heterocycles. The van der Waals surface area contributed by atoms with Crippen LogP contribution in [0.5, 0.6) is 0 Å². The maximum atomic E-state index is 12.2. The van der Waals surface area contributed by atoms with Gasteiger partial charge in [-0.05, 0) is 44.0 Å². The molecule has 0 spiro atoms. The number of hydrogen-bond donors (Lipinski definition) is 0. The van der Waals surface area contributed by atoms with Crippen LogP contribution in [-0.4, -0.2) is 30.3 Å². The summed E-state index contributed by atoms with van der Waals surface area (Å²) in [6.07, 6.45) is 4.28. The van der Waals surface area contributed by atoms with Crippen LogP contribution >= 0.6 is 23.2 Å². The average Bonchev–Trinajstić information content (AvgIpc) is 2.48. The molecule has 0 N–H and O–H groups in total. The average molecular weight is 314 g/mol. The fourth-order valence-electron chi connectivity index (χ4n) is 2.73. The van der Waals surface area contributed by atoms with E-state index in [0.29, 0.717) is 22.0 Å². The second-order valence-electron chi connectivity index (χ2n) is 5.47. The molecule has 2 nitrogen and oxygen atoms in total. The first kappa shape index (κ1) is 15.8. The van der Waals surface area contributed by atoms with Crippen molar-refractivity contribution < 1.29 is 4.79 Å². The maximum absolute atomic E-state index is 12.2. The highest BCUT2D eigenvalue weighted by Gasteiger charge is 2.19. The fraction of sp³-hybridized carbons (Fsp3) is 0.562. The summed E-state index contributed by atoms with van der Waals surface area (Å²) in [5.41, 5.74) is 0.544. The number of piperidine rings is 1. The largest absolute Gasteiger partial charge is 0.303 e. The van der Waals surface area contributed by atoms with E-state index in [1.54, 1.807) is 18.2 Å². The van der Waals surface area contributed by atoms with Gasteiger partial charge in [-0.2, -0.15) is 0 Å². The van der Waals surface area contributed by atoms with Gasteiger partial charge in [0, 0.05) is 18.5 Å². The van der Waals surface area contributed by atoms with Crippen molar-refractivity contribution in [3.63, 3.8) is 0 Å². The van der Waals surface area contributed by atoms with E-state index >= 15 is 0 Å². The normalized spacial score (nSPS) is 17.4. The first-order chi connectivity index (χ1) is 9.61. The van der Waals surface area contributed by atoms with Crippen LogP contribution in [0.1, 0.15) is 43.0 Å². The summed E-state index contributed by atoms with van der Waals surface area (Å²) >= 11 is 12.0. The summed E-state index contributed by atoms with van der Waals surface area (Å²) in [7, 11) is 0. The summed E-state index contributed by atoms with van der Waals surface area (Å²) in [4.78, 5) is 14.6. The van der Waals surface area contributed by atoms with Gasteiger partial charge in [0.15, 0.2) is 5.78 Å². The van der Waals surface area contributed by atoms with Crippen LogP contribution in [0.3, 0.4) is 0 Å². The number of carbonyl (C=O) groups is 1. The Balaban J connectivity index is 1.85. The first-order valence-corrected chi connectivity index (χ1v) is 8.07. The van der Waals surface area contributed by atoms with Crippen molar-refractivity contribution in [2.24, 2.45) is 5.92 Å². The van der Waals surface area contributed by atoms with Crippen LogP contribution in [0.4, 0.5) is 0 Å². The Morgan fingerprint density at radius 1 is 1.30 bits per heavy atom. The number of hydrogen-bond acceptors (Lipinski definition) is 2. The molecule has 1 aromatic carbocycles. The van der Waals surface area contributed by atoms with Crippen LogP contribution in [0.15, 0.2) is 18.2 Å². The van der Waals surface area contributed by atoms with Crippen molar-refractivity contribution in [2.75, 3.05) is 19.6 Å². The molecule has 0 unspecified atom stereocenters. The highest BCUT2D eigenvalue weighted by atomic mass is 35.5. The Kier molecular flexibility index (Phi) is 5.88. The molecule has 4 heteroatoms. The highest BCUT2D eigenvalue weighted by Crippen LogP contribution is 2.26. The summed E-state index contributed by atoms with van der Waals surface area (Å²) in [5, 5.41) is 0.824. The van der Waals surface area contributed by atoms with E-state index in [9.17, 15) is 4.79 Å². The van der Waals surface area contributed by atoms with Crippen LogP contribution in [0, 0.1) is 5.92 Å². The van der Waals surface area contributed by atoms with E-state index < -0.39 is 0 Å². The third-order valence-corrected chi connectivity index (χ3v) is 5.01. The smallest absolute Gasteiger partial charge is 0.165 e. The van der Waals surface area contributed by atoms with E-state index in [-0.39, 0.29) is 5.78 Å².